The topological polar surface area (TPSA) is 15.8 Å². The molecule has 0 amide bonds. The van der Waals surface area contributed by atoms with Gasteiger partial charge in [-0.1, -0.05) is 0 Å². The maximum atomic E-state index is 12.3. The van der Waals surface area contributed by atoms with Crippen LogP contribution in [0.3, 0.4) is 0 Å². The Hall–Kier alpha value is -1.45. The molecule has 0 radical (unpaired) electrons. The number of rotatable bonds is 0. The highest BCUT2D eigenvalue weighted by Gasteiger charge is 2.30. The quantitative estimate of drug-likeness (QED) is 0.668. The summed E-state index contributed by atoms with van der Waals surface area (Å²) in [6.45, 7) is 1.81. The molecule has 1 nitrogen and oxygen atoms in total. The molecule has 0 saturated heterocycles. The average Bonchev–Trinajstić information content (AvgIpc) is 2.41. The molecule has 2 rings (SSSR count). The van der Waals surface area contributed by atoms with Crippen LogP contribution in [0.15, 0.2) is 24.3 Å². The van der Waals surface area contributed by atoms with Gasteiger partial charge in [0, 0.05) is 16.6 Å². The fraction of sp³-hybridized carbons (Fsp3) is 0.200. The number of H-pyrrole nitrogens is 1. The first-order valence-electron chi connectivity index (χ1n) is 4.13. The van der Waals surface area contributed by atoms with Crippen molar-refractivity contribution in [1.82, 2.24) is 4.98 Å². The third-order valence-corrected chi connectivity index (χ3v) is 2.08. The lowest BCUT2D eigenvalue weighted by Crippen LogP contribution is -2.03. The maximum absolute atomic E-state index is 12.3. The van der Waals surface area contributed by atoms with Crippen LogP contribution in [0.2, 0.25) is 0 Å². The second-order valence-corrected chi connectivity index (χ2v) is 3.25. The molecule has 0 aliphatic rings. The van der Waals surface area contributed by atoms with Crippen LogP contribution < -0.4 is 0 Å². The van der Waals surface area contributed by atoms with Gasteiger partial charge in [-0.2, -0.15) is 13.2 Å². The Kier molecular flexibility index (Phi) is 1.80. The molecule has 0 bridgehead atoms. The standard InChI is InChI=1S/C10H8F3N/c1-6-4-7-5-8(10(11,12)13)2-3-9(7)14-6/h2-5,14H,1H3. The van der Waals surface area contributed by atoms with E-state index in [9.17, 15) is 13.2 Å². The van der Waals surface area contributed by atoms with Crippen LogP contribution in [0, 0.1) is 6.92 Å². The van der Waals surface area contributed by atoms with Crippen molar-refractivity contribution >= 4 is 10.9 Å². The third kappa shape index (κ3) is 1.47. The predicted molar refractivity (Wildman–Crippen MR) is 48.0 cm³/mol. The van der Waals surface area contributed by atoms with E-state index in [0.29, 0.717) is 5.39 Å². The second kappa shape index (κ2) is 2.77. The van der Waals surface area contributed by atoms with Gasteiger partial charge >= 0.3 is 6.18 Å². The summed E-state index contributed by atoms with van der Waals surface area (Å²) < 4.78 is 36.9. The fourth-order valence-electron chi connectivity index (χ4n) is 1.45. The Balaban J connectivity index is 2.62. The number of nitrogens with one attached hydrogen (secondary N) is 1. The summed E-state index contributed by atoms with van der Waals surface area (Å²) in [6, 6.07) is 5.38. The van der Waals surface area contributed by atoms with Crippen LogP contribution in [-0.4, -0.2) is 4.98 Å². The van der Waals surface area contributed by atoms with Gasteiger partial charge in [0.25, 0.3) is 0 Å². The van der Waals surface area contributed by atoms with E-state index in [2.05, 4.69) is 4.98 Å². The van der Waals surface area contributed by atoms with Gasteiger partial charge < -0.3 is 4.98 Å². The summed E-state index contributed by atoms with van der Waals surface area (Å²) in [5.41, 5.74) is 0.985. The lowest BCUT2D eigenvalue weighted by atomic mass is 10.1. The van der Waals surface area contributed by atoms with E-state index >= 15 is 0 Å². The first-order chi connectivity index (χ1) is 6.47. The molecule has 4 heteroatoms. The summed E-state index contributed by atoms with van der Waals surface area (Å²) in [5.74, 6) is 0. The third-order valence-electron chi connectivity index (χ3n) is 2.08. The highest BCUT2D eigenvalue weighted by molar-refractivity contribution is 5.81. The van der Waals surface area contributed by atoms with Gasteiger partial charge in [-0.25, -0.2) is 0 Å². The number of aromatic amines is 1. The summed E-state index contributed by atoms with van der Waals surface area (Å²) in [6.07, 6.45) is -4.26. The minimum absolute atomic E-state index is 0.595. The number of hydrogen-bond acceptors (Lipinski definition) is 0. The molecule has 0 spiro atoms. The zero-order valence-electron chi connectivity index (χ0n) is 7.44. The van der Waals surface area contributed by atoms with E-state index in [-0.39, 0.29) is 0 Å². The number of halogens is 3. The van der Waals surface area contributed by atoms with E-state index in [4.69, 9.17) is 0 Å². The van der Waals surface area contributed by atoms with Crippen LogP contribution in [0.5, 0.6) is 0 Å². The molecule has 74 valence electrons. The molecule has 1 aromatic carbocycles. The second-order valence-electron chi connectivity index (χ2n) is 3.25. The van der Waals surface area contributed by atoms with Crippen LogP contribution >= 0.6 is 0 Å². The van der Waals surface area contributed by atoms with Crippen molar-refractivity contribution in [2.24, 2.45) is 0 Å². The normalized spacial score (nSPS) is 12.3. The average molecular weight is 199 g/mol. The molecule has 14 heavy (non-hydrogen) atoms. The van der Waals surface area contributed by atoms with E-state index in [1.807, 2.05) is 6.92 Å². The SMILES string of the molecule is Cc1cc2cc(C(F)(F)F)ccc2[nH]1. The van der Waals surface area contributed by atoms with Gasteiger partial charge in [0.15, 0.2) is 0 Å². The lowest BCUT2D eigenvalue weighted by Gasteiger charge is -2.05. The molecule has 1 aromatic heterocycles. The van der Waals surface area contributed by atoms with E-state index in [1.54, 1.807) is 6.07 Å². The van der Waals surface area contributed by atoms with Gasteiger partial charge in [0.2, 0.25) is 0 Å². The Morgan fingerprint density at radius 2 is 1.86 bits per heavy atom. The molecule has 0 atom stereocenters. The molecule has 0 aliphatic carbocycles. The molecular weight excluding hydrogens is 191 g/mol. The highest BCUT2D eigenvalue weighted by Crippen LogP contribution is 2.31. The number of aromatic nitrogens is 1. The van der Waals surface area contributed by atoms with Gasteiger partial charge in [0.1, 0.15) is 0 Å². The number of hydrogen-bond donors (Lipinski definition) is 1. The monoisotopic (exact) mass is 199 g/mol. The van der Waals surface area contributed by atoms with Crippen molar-refractivity contribution in [3.05, 3.63) is 35.5 Å². The zero-order chi connectivity index (χ0) is 10.3. The number of fused-ring (bicyclic) bond motifs is 1. The molecule has 0 saturated carbocycles. The summed E-state index contributed by atoms with van der Waals surface area (Å²) >= 11 is 0. The Morgan fingerprint density at radius 3 is 2.50 bits per heavy atom. The van der Waals surface area contributed by atoms with Crippen molar-refractivity contribution < 1.29 is 13.2 Å². The van der Waals surface area contributed by atoms with Gasteiger partial charge in [-0.15, -0.1) is 0 Å². The molecule has 1 N–H and O–H groups in total. The van der Waals surface area contributed by atoms with E-state index in [0.717, 1.165) is 23.3 Å². The van der Waals surface area contributed by atoms with Gasteiger partial charge in [0.05, 0.1) is 5.56 Å². The van der Waals surface area contributed by atoms with Crippen LogP contribution in [0.4, 0.5) is 13.2 Å². The molecule has 1 heterocycles. The smallest absolute Gasteiger partial charge is 0.359 e. The van der Waals surface area contributed by atoms with Crippen molar-refractivity contribution in [2.75, 3.05) is 0 Å². The van der Waals surface area contributed by atoms with Crippen molar-refractivity contribution in [1.29, 1.82) is 0 Å². The maximum Gasteiger partial charge on any atom is 0.416 e. The van der Waals surface area contributed by atoms with Gasteiger partial charge in [-0.3, -0.25) is 0 Å². The van der Waals surface area contributed by atoms with Crippen molar-refractivity contribution in [2.45, 2.75) is 13.1 Å². The van der Waals surface area contributed by atoms with Crippen LogP contribution in [-0.2, 0) is 6.18 Å². The zero-order valence-corrected chi connectivity index (χ0v) is 7.44. The number of aryl methyl sites for hydroxylation is 1. The molecule has 0 unspecified atom stereocenters. The largest absolute Gasteiger partial charge is 0.416 e. The fourth-order valence-corrected chi connectivity index (χ4v) is 1.45. The first kappa shape index (κ1) is 9.12. The summed E-state index contributed by atoms with van der Waals surface area (Å²) in [7, 11) is 0. The Labute approximate surface area is 78.5 Å². The first-order valence-corrected chi connectivity index (χ1v) is 4.13. The summed E-state index contributed by atoms with van der Waals surface area (Å²) in [4.78, 5) is 2.97. The van der Waals surface area contributed by atoms with E-state index < -0.39 is 11.7 Å². The molecule has 0 aliphatic heterocycles. The van der Waals surface area contributed by atoms with Crippen molar-refractivity contribution in [3.8, 4) is 0 Å². The molecule has 0 fully saturated rings. The minimum Gasteiger partial charge on any atom is -0.359 e. The Morgan fingerprint density at radius 1 is 1.14 bits per heavy atom. The van der Waals surface area contributed by atoms with Gasteiger partial charge in [-0.05, 0) is 31.2 Å². The number of alkyl halides is 3. The Bertz CT molecular complexity index is 468. The highest BCUT2D eigenvalue weighted by atomic mass is 19.4. The van der Waals surface area contributed by atoms with Crippen LogP contribution in [0.25, 0.3) is 10.9 Å². The molecular formula is C10H8F3N. The van der Waals surface area contributed by atoms with Crippen LogP contribution in [0.1, 0.15) is 11.3 Å². The van der Waals surface area contributed by atoms with Crippen molar-refractivity contribution in [3.63, 3.8) is 0 Å². The minimum atomic E-state index is -4.26. The lowest BCUT2D eigenvalue weighted by molar-refractivity contribution is -0.137. The van der Waals surface area contributed by atoms with E-state index in [1.165, 1.54) is 6.07 Å². The predicted octanol–water partition coefficient (Wildman–Crippen LogP) is 3.50. The molecule has 2 aromatic rings. The number of benzene rings is 1. The summed E-state index contributed by atoms with van der Waals surface area (Å²) in [5, 5.41) is 0.595.